The molecule has 1 aromatic heterocycles. The van der Waals surface area contributed by atoms with Crippen molar-refractivity contribution in [3.05, 3.63) is 24.5 Å². The number of carbonyl (C=O) groups excluding carboxylic acids is 1. The molecule has 0 bridgehead atoms. The van der Waals surface area contributed by atoms with Crippen LogP contribution in [0.25, 0.3) is 5.69 Å². The number of hydrogen-bond acceptors (Lipinski definition) is 7. The van der Waals surface area contributed by atoms with Gasteiger partial charge in [0, 0.05) is 12.8 Å². The lowest BCUT2D eigenvalue weighted by atomic mass is 9.91. The molecule has 24 heavy (non-hydrogen) atoms. The molecule has 2 N–H and O–H groups in total. The Bertz CT molecular complexity index is 697. The van der Waals surface area contributed by atoms with Gasteiger partial charge in [0.25, 0.3) is 5.91 Å². The Morgan fingerprint density at radius 2 is 2.12 bits per heavy atom. The third kappa shape index (κ3) is 3.08. The van der Waals surface area contributed by atoms with E-state index in [-0.39, 0.29) is 5.91 Å². The Morgan fingerprint density at radius 3 is 2.75 bits per heavy atom. The zero-order chi connectivity index (χ0) is 17.0. The number of anilines is 1. The summed E-state index contributed by atoms with van der Waals surface area (Å²) in [7, 11) is 3.14. The number of tetrazole rings is 1. The SMILES string of the molecule is COc1ccc(NC(=O)C2(OC)CCNCC2)cc1-n1cnnn1. The van der Waals surface area contributed by atoms with E-state index in [0.29, 0.717) is 30.0 Å². The Hall–Kier alpha value is -2.52. The summed E-state index contributed by atoms with van der Waals surface area (Å²) in [4.78, 5) is 12.7. The predicted molar refractivity (Wildman–Crippen MR) is 86.2 cm³/mol. The standard InChI is InChI=1S/C15H20N6O3/c1-23-13-4-3-11(9-12(13)21-10-17-19-20-21)18-14(22)15(24-2)5-7-16-8-6-15/h3-4,9-10,16H,5-8H2,1-2H3,(H,18,22). The predicted octanol–water partition coefficient (Wildman–Crippen LogP) is 0.378. The molecule has 2 aromatic rings. The molecular weight excluding hydrogens is 312 g/mol. The van der Waals surface area contributed by atoms with Gasteiger partial charge in [-0.2, -0.15) is 4.68 Å². The molecular formula is C15H20N6O3. The summed E-state index contributed by atoms with van der Waals surface area (Å²) in [5.74, 6) is 0.447. The van der Waals surface area contributed by atoms with Crippen LogP contribution in [0.2, 0.25) is 0 Å². The van der Waals surface area contributed by atoms with Crippen LogP contribution < -0.4 is 15.4 Å². The molecule has 0 spiro atoms. The first-order valence-electron chi connectivity index (χ1n) is 7.67. The first-order chi connectivity index (χ1) is 11.7. The van der Waals surface area contributed by atoms with Gasteiger partial charge in [0.1, 0.15) is 23.4 Å². The number of carbonyl (C=O) groups is 1. The van der Waals surface area contributed by atoms with Crippen molar-refractivity contribution < 1.29 is 14.3 Å². The van der Waals surface area contributed by atoms with E-state index in [1.165, 1.54) is 11.0 Å². The van der Waals surface area contributed by atoms with Crippen molar-refractivity contribution in [2.24, 2.45) is 0 Å². The van der Waals surface area contributed by atoms with Crippen LogP contribution >= 0.6 is 0 Å². The smallest absolute Gasteiger partial charge is 0.256 e. The minimum Gasteiger partial charge on any atom is -0.494 e. The number of methoxy groups -OCH3 is 2. The highest BCUT2D eigenvalue weighted by Crippen LogP contribution is 2.28. The van der Waals surface area contributed by atoms with E-state index < -0.39 is 5.60 Å². The summed E-state index contributed by atoms with van der Waals surface area (Å²) in [6.45, 7) is 1.50. The van der Waals surface area contributed by atoms with Gasteiger partial charge < -0.3 is 20.1 Å². The first kappa shape index (κ1) is 16.3. The largest absolute Gasteiger partial charge is 0.494 e. The van der Waals surface area contributed by atoms with E-state index >= 15 is 0 Å². The van der Waals surface area contributed by atoms with E-state index in [9.17, 15) is 4.79 Å². The van der Waals surface area contributed by atoms with Crippen molar-refractivity contribution in [1.82, 2.24) is 25.5 Å². The van der Waals surface area contributed by atoms with Crippen LogP contribution in [0.4, 0.5) is 5.69 Å². The van der Waals surface area contributed by atoms with Gasteiger partial charge in [-0.1, -0.05) is 0 Å². The molecule has 1 aromatic carbocycles. The minimum atomic E-state index is -0.805. The molecule has 9 heteroatoms. The van der Waals surface area contributed by atoms with Crippen molar-refractivity contribution in [2.75, 3.05) is 32.6 Å². The summed E-state index contributed by atoms with van der Waals surface area (Å²) < 4.78 is 12.3. The fourth-order valence-electron chi connectivity index (χ4n) is 2.82. The highest BCUT2D eigenvalue weighted by atomic mass is 16.5. The third-order valence-corrected chi connectivity index (χ3v) is 4.25. The van der Waals surface area contributed by atoms with Crippen molar-refractivity contribution in [2.45, 2.75) is 18.4 Å². The molecule has 9 nitrogen and oxygen atoms in total. The van der Waals surface area contributed by atoms with Crippen LogP contribution in [-0.2, 0) is 9.53 Å². The van der Waals surface area contributed by atoms with Gasteiger partial charge in [-0.15, -0.1) is 5.10 Å². The molecule has 3 rings (SSSR count). The van der Waals surface area contributed by atoms with Crippen molar-refractivity contribution in [3.63, 3.8) is 0 Å². The molecule has 128 valence electrons. The van der Waals surface area contributed by atoms with Gasteiger partial charge in [0.15, 0.2) is 0 Å². The van der Waals surface area contributed by atoms with Gasteiger partial charge in [0.2, 0.25) is 0 Å². The van der Waals surface area contributed by atoms with Gasteiger partial charge in [0.05, 0.1) is 7.11 Å². The van der Waals surface area contributed by atoms with Crippen LogP contribution in [0.5, 0.6) is 5.75 Å². The number of ether oxygens (including phenoxy) is 2. The molecule has 0 unspecified atom stereocenters. The second kappa shape index (κ2) is 6.93. The highest BCUT2D eigenvalue weighted by molar-refractivity contribution is 5.97. The number of benzene rings is 1. The zero-order valence-corrected chi connectivity index (χ0v) is 13.7. The molecule has 1 aliphatic heterocycles. The lowest BCUT2D eigenvalue weighted by molar-refractivity contribution is -0.140. The van der Waals surface area contributed by atoms with E-state index in [1.54, 1.807) is 32.4 Å². The maximum absolute atomic E-state index is 12.7. The van der Waals surface area contributed by atoms with E-state index in [0.717, 1.165) is 13.1 Å². The average Bonchev–Trinajstić information content (AvgIpc) is 3.16. The van der Waals surface area contributed by atoms with Gasteiger partial charge in [-0.3, -0.25) is 4.79 Å². The maximum atomic E-state index is 12.7. The number of piperidine rings is 1. The molecule has 0 aliphatic carbocycles. The van der Waals surface area contributed by atoms with Crippen LogP contribution in [-0.4, -0.2) is 59.0 Å². The Morgan fingerprint density at radius 1 is 1.33 bits per heavy atom. The second-order valence-electron chi connectivity index (χ2n) is 5.54. The summed E-state index contributed by atoms with van der Waals surface area (Å²) >= 11 is 0. The molecule has 1 aliphatic rings. The molecule has 0 atom stereocenters. The van der Waals surface area contributed by atoms with Crippen molar-refractivity contribution in [1.29, 1.82) is 0 Å². The quantitative estimate of drug-likeness (QED) is 0.816. The zero-order valence-electron chi connectivity index (χ0n) is 13.7. The number of rotatable bonds is 5. The number of nitrogens with zero attached hydrogens (tertiary/aromatic N) is 4. The molecule has 0 radical (unpaired) electrons. The normalized spacial score (nSPS) is 16.6. The summed E-state index contributed by atoms with van der Waals surface area (Å²) in [6.07, 6.45) is 2.73. The van der Waals surface area contributed by atoms with Gasteiger partial charge in [-0.05, 0) is 54.6 Å². The molecule has 1 saturated heterocycles. The van der Waals surface area contributed by atoms with Crippen molar-refractivity contribution in [3.8, 4) is 11.4 Å². The Labute approximate surface area is 139 Å². The molecule has 1 amide bonds. The number of hydrogen-bond donors (Lipinski definition) is 2. The summed E-state index contributed by atoms with van der Waals surface area (Å²) in [5.41, 5.74) is 0.457. The maximum Gasteiger partial charge on any atom is 0.256 e. The first-order valence-corrected chi connectivity index (χ1v) is 7.67. The van der Waals surface area contributed by atoms with Crippen LogP contribution in [0.3, 0.4) is 0 Å². The monoisotopic (exact) mass is 332 g/mol. The van der Waals surface area contributed by atoms with E-state index in [2.05, 4.69) is 26.2 Å². The molecule has 0 saturated carbocycles. The number of amides is 1. The summed E-state index contributed by atoms with van der Waals surface area (Å²) in [6, 6.07) is 5.29. The lowest BCUT2D eigenvalue weighted by Crippen LogP contribution is -2.51. The van der Waals surface area contributed by atoms with Crippen molar-refractivity contribution >= 4 is 11.6 Å². The fourth-order valence-corrected chi connectivity index (χ4v) is 2.82. The fraction of sp³-hybridized carbons (Fsp3) is 0.467. The summed E-state index contributed by atoms with van der Waals surface area (Å²) in [5, 5.41) is 17.3. The number of nitrogens with one attached hydrogen (secondary N) is 2. The Balaban J connectivity index is 1.85. The van der Waals surface area contributed by atoms with Crippen LogP contribution in [0, 0.1) is 0 Å². The highest BCUT2D eigenvalue weighted by Gasteiger charge is 2.39. The van der Waals surface area contributed by atoms with E-state index in [4.69, 9.17) is 9.47 Å². The lowest BCUT2D eigenvalue weighted by Gasteiger charge is -2.34. The number of aromatic nitrogens is 4. The van der Waals surface area contributed by atoms with E-state index in [1.807, 2.05) is 0 Å². The topological polar surface area (TPSA) is 103 Å². The van der Waals surface area contributed by atoms with Gasteiger partial charge >= 0.3 is 0 Å². The molecule has 1 fully saturated rings. The Kier molecular flexibility index (Phi) is 4.72. The third-order valence-electron chi connectivity index (χ3n) is 4.25. The molecule has 2 heterocycles. The second-order valence-corrected chi connectivity index (χ2v) is 5.54. The minimum absolute atomic E-state index is 0.153. The van der Waals surface area contributed by atoms with Crippen LogP contribution in [0.15, 0.2) is 24.5 Å². The van der Waals surface area contributed by atoms with Crippen LogP contribution in [0.1, 0.15) is 12.8 Å². The van der Waals surface area contributed by atoms with Gasteiger partial charge in [-0.25, -0.2) is 0 Å². The average molecular weight is 332 g/mol.